The number of carbonyl (C=O) groups excluding carboxylic acids is 1. The maximum Gasteiger partial charge on any atom is 0.253 e. The number of rotatable bonds is 6. The van der Waals surface area contributed by atoms with Gasteiger partial charge in [0.15, 0.2) is 0 Å². The lowest BCUT2D eigenvalue weighted by Crippen LogP contribution is -2.29. The van der Waals surface area contributed by atoms with Gasteiger partial charge in [-0.2, -0.15) is 0 Å². The summed E-state index contributed by atoms with van der Waals surface area (Å²) in [5, 5.41) is 0. The van der Waals surface area contributed by atoms with Crippen molar-refractivity contribution in [3.63, 3.8) is 0 Å². The van der Waals surface area contributed by atoms with Crippen LogP contribution in [0.5, 0.6) is 5.75 Å². The SMILES string of the molecule is NC[C@@H]1CN(C(=O)c2ccc(OCC3CC3)cc2)C[C@H]1c1ccccc1. The number of nitrogens with two attached hydrogens (primary N) is 1. The maximum absolute atomic E-state index is 12.9. The highest BCUT2D eigenvalue weighted by Gasteiger charge is 2.35. The lowest BCUT2D eigenvalue weighted by Gasteiger charge is -2.17. The monoisotopic (exact) mass is 350 g/mol. The van der Waals surface area contributed by atoms with Crippen LogP contribution in [-0.2, 0) is 0 Å². The third kappa shape index (κ3) is 3.75. The number of likely N-dealkylation sites (tertiary alicyclic amines) is 1. The van der Waals surface area contributed by atoms with Gasteiger partial charge in [-0.3, -0.25) is 4.79 Å². The van der Waals surface area contributed by atoms with Gasteiger partial charge >= 0.3 is 0 Å². The minimum Gasteiger partial charge on any atom is -0.493 e. The first kappa shape index (κ1) is 17.1. The number of nitrogens with zero attached hydrogens (tertiary/aromatic N) is 1. The summed E-state index contributed by atoms with van der Waals surface area (Å²) in [6.07, 6.45) is 2.55. The molecular weight excluding hydrogens is 324 g/mol. The van der Waals surface area contributed by atoms with E-state index in [2.05, 4.69) is 12.1 Å². The minimum absolute atomic E-state index is 0.0793. The van der Waals surface area contributed by atoms with Gasteiger partial charge in [0.1, 0.15) is 5.75 Å². The standard InChI is InChI=1S/C22H26N2O2/c23-12-19-13-24(14-21(19)17-4-2-1-3-5-17)22(25)18-8-10-20(11-9-18)26-15-16-6-7-16/h1-5,8-11,16,19,21H,6-7,12-15,23H2/t19-,21+/m1/s1. The highest BCUT2D eigenvalue weighted by Crippen LogP contribution is 2.33. The summed E-state index contributed by atoms with van der Waals surface area (Å²) in [5.41, 5.74) is 7.97. The predicted octanol–water partition coefficient (Wildman–Crippen LogP) is 3.29. The van der Waals surface area contributed by atoms with Crippen molar-refractivity contribution in [2.24, 2.45) is 17.6 Å². The molecule has 0 aromatic heterocycles. The molecule has 2 aromatic carbocycles. The number of amides is 1. The van der Waals surface area contributed by atoms with E-state index in [-0.39, 0.29) is 5.91 Å². The quantitative estimate of drug-likeness (QED) is 0.870. The lowest BCUT2D eigenvalue weighted by atomic mass is 9.89. The molecule has 0 unspecified atom stereocenters. The molecule has 0 radical (unpaired) electrons. The van der Waals surface area contributed by atoms with Crippen molar-refractivity contribution in [3.05, 3.63) is 65.7 Å². The number of hydrogen-bond donors (Lipinski definition) is 1. The molecule has 2 aliphatic rings. The van der Waals surface area contributed by atoms with E-state index in [0.29, 0.717) is 23.9 Å². The van der Waals surface area contributed by atoms with E-state index in [4.69, 9.17) is 10.5 Å². The Kier molecular flexibility index (Phi) is 4.93. The summed E-state index contributed by atoms with van der Waals surface area (Å²) in [7, 11) is 0. The molecule has 0 bridgehead atoms. The molecule has 26 heavy (non-hydrogen) atoms. The third-order valence-electron chi connectivity index (χ3n) is 5.54. The van der Waals surface area contributed by atoms with Gasteiger partial charge in [0.25, 0.3) is 5.91 Å². The molecule has 1 saturated heterocycles. The lowest BCUT2D eigenvalue weighted by molar-refractivity contribution is 0.0786. The molecule has 4 rings (SSSR count). The van der Waals surface area contributed by atoms with Gasteiger partial charge in [-0.1, -0.05) is 30.3 Å². The highest BCUT2D eigenvalue weighted by molar-refractivity contribution is 5.94. The van der Waals surface area contributed by atoms with Crippen LogP contribution in [0.4, 0.5) is 0 Å². The summed E-state index contributed by atoms with van der Waals surface area (Å²) in [4.78, 5) is 14.9. The molecule has 2 N–H and O–H groups in total. The first-order valence-electron chi connectivity index (χ1n) is 9.51. The van der Waals surface area contributed by atoms with Gasteiger partial charge in [0, 0.05) is 24.6 Å². The van der Waals surface area contributed by atoms with Crippen LogP contribution in [0.3, 0.4) is 0 Å². The molecule has 0 spiro atoms. The Morgan fingerprint density at radius 1 is 1.04 bits per heavy atom. The van der Waals surface area contributed by atoms with E-state index in [0.717, 1.165) is 31.4 Å². The Labute approximate surface area is 155 Å². The van der Waals surface area contributed by atoms with Crippen LogP contribution in [0.25, 0.3) is 0 Å². The van der Waals surface area contributed by atoms with E-state index in [1.54, 1.807) is 0 Å². The van der Waals surface area contributed by atoms with E-state index in [9.17, 15) is 4.79 Å². The number of benzene rings is 2. The fourth-order valence-electron chi connectivity index (χ4n) is 3.73. The van der Waals surface area contributed by atoms with Crippen LogP contribution in [0, 0.1) is 11.8 Å². The maximum atomic E-state index is 12.9. The van der Waals surface area contributed by atoms with E-state index in [1.807, 2.05) is 47.4 Å². The average Bonchev–Trinajstić information content (AvgIpc) is 3.43. The summed E-state index contributed by atoms with van der Waals surface area (Å²) in [6.45, 7) is 2.83. The number of carbonyl (C=O) groups is 1. The fraction of sp³-hybridized carbons (Fsp3) is 0.409. The van der Waals surface area contributed by atoms with Crippen LogP contribution < -0.4 is 10.5 Å². The van der Waals surface area contributed by atoms with Crippen molar-refractivity contribution in [2.75, 3.05) is 26.2 Å². The van der Waals surface area contributed by atoms with Crippen LogP contribution in [0.15, 0.2) is 54.6 Å². The highest BCUT2D eigenvalue weighted by atomic mass is 16.5. The molecular formula is C22H26N2O2. The van der Waals surface area contributed by atoms with Gasteiger partial charge in [0.05, 0.1) is 6.61 Å². The fourth-order valence-corrected chi connectivity index (χ4v) is 3.73. The molecule has 1 aliphatic heterocycles. The van der Waals surface area contributed by atoms with Crippen LogP contribution in [0.2, 0.25) is 0 Å². The van der Waals surface area contributed by atoms with Crippen molar-refractivity contribution in [1.82, 2.24) is 4.90 Å². The zero-order chi connectivity index (χ0) is 17.9. The summed E-state index contributed by atoms with van der Waals surface area (Å²) in [5.74, 6) is 2.27. The van der Waals surface area contributed by atoms with Gasteiger partial charge in [0.2, 0.25) is 0 Å². The molecule has 2 aromatic rings. The molecule has 136 valence electrons. The summed E-state index contributed by atoms with van der Waals surface area (Å²) < 4.78 is 5.76. The Morgan fingerprint density at radius 2 is 1.77 bits per heavy atom. The normalized spacial score (nSPS) is 22.4. The Morgan fingerprint density at radius 3 is 2.42 bits per heavy atom. The topological polar surface area (TPSA) is 55.6 Å². The summed E-state index contributed by atoms with van der Waals surface area (Å²) in [6, 6.07) is 17.9. The Hall–Kier alpha value is -2.33. The number of ether oxygens (including phenoxy) is 1. The second-order valence-corrected chi connectivity index (χ2v) is 7.50. The molecule has 4 heteroatoms. The molecule has 4 nitrogen and oxygen atoms in total. The van der Waals surface area contributed by atoms with E-state index in [1.165, 1.54) is 18.4 Å². The minimum atomic E-state index is 0.0793. The molecule has 1 amide bonds. The Balaban J connectivity index is 1.42. The van der Waals surface area contributed by atoms with Gasteiger partial charge < -0.3 is 15.4 Å². The first-order valence-corrected chi connectivity index (χ1v) is 9.51. The van der Waals surface area contributed by atoms with Crippen molar-refractivity contribution in [2.45, 2.75) is 18.8 Å². The van der Waals surface area contributed by atoms with E-state index < -0.39 is 0 Å². The third-order valence-corrected chi connectivity index (χ3v) is 5.54. The summed E-state index contributed by atoms with van der Waals surface area (Å²) >= 11 is 0. The average molecular weight is 350 g/mol. The second kappa shape index (κ2) is 7.50. The van der Waals surface area contributed by atoms with Crippen LogP contribution in [-0.4, -0.2) is 37.0 Å². The molecule has 1 saturated carbocycles. The smallest absolute Gasteiger partial charge is 0.253 e. The first-order chi connectivity index (χ1) is 12.7. The van der Waals surface area contributed by atoms with Gasteiger partial charge in [-0.05, 0) is 61.1 Å². The van der Waals surface area contributed by atoms with Crippen molar-refractivity contribution in [1.29, 1.82) is 0 Å². The van der Waals surface area contributed by atoms with Crippen molar-refractivity contribution in [3.8, 4) is 5.75 Å². The van der Waals surface area contributed by atoms with Crippen LogP contribution >= 0.6 is 0 Å². The number of hydrogen-bond acceptors (Lipinski definition) is 3. The largest absolute Gasteiger partial charge is 0.493 e. The zero-order valence-electron chi connectivity index (χ0n) is 15.0. The second-order valence-electron chi connectivity index (χ2n) is 7.50. The molecule has 1 aliphatic carbocycles. The van der Waals surface area contributed by atoms with Crippen molar-refractivity contribution >= 4 is 5.91 Å². The van der Waals surface area contributed by atoms with Crippen LogP contribution in [0.1, 0.15) is 34.7 Å². The Bertz CT molecular complexity index is 740. The molecule has 2 fully saturated rings. The van der Waals surface area contributed by atoms with Crippen molar-refractivity contribution < 1.29 is 9.53 Å². The molecule has 2 atom stereocenters. The zero-order valence-corrected chi connectivity index (χ0v) is 15.0. The predicted molar refractivity (Wildman–Crippen MR) is 102 cm³/mol. The molecule has 1 heterocycles. The van der Waals surface area contributed by atoms with Gasteiger partial charge in [-0.15, -0.1) is 0 Å². The van der Waals surface area contributed by atoms with E-state index >= 15 is 0 Å². The van der Waals surface area contributed by atoms with Gasteiger partial charge in [-0.25, -0.2) is 0 Å².